The van der Waals surface area contributed by atoms with Crippen LogP contribution in [0.3, 0.4) is 0 Å². The molecule has 0 spiro atoms. The van der Waals surface area contributed by atoms with E-state index >= 15 is 0 Å². The quantitative estimate of drug-likeness (QED) is 0.185. The lowest BCUT2D eigenvalue weighted by atomic mass is 9.97. The minimum absolute atomic E-state index is 0.367. The first kappa shape index (κ1) is 22.9. The maximum Gasteiger partial charge on any atom is 0.250 e. The van der Waals surface area contributed by atoms with Gasteiger partial charge in [0, 0.05) is 24.3 Å². The Balaban J connectivity index is 1.34. The average Bonchev–Trinajstić information content (AvgIpc) is 2.94. The number of rotatable bonds is 6. The van der Waals surface area contributed by atoms with Crippen LogP contribution in [0, 0.1) is 6.92 Å². The molecule has 4 aromatic carbocycles. The van der Waals surface area contributed by atoms with Gasteiger partial charge >= 0.3 is 0 Å². The Morgan fingerprint density at radius 3 is 2.16 bits per heavy atom. The van der Waals surface area contributed by atoms with Crippen LogP contribution in [0.2, 0.25) is 0 Å². The van der Waals surface area contributed by atoms with E-state index in [1.54, 1.807) is 0 Å². The van der Waals surface area contributed by atoms with Crippen molar-refractivity contribution in [1.29, 1.82) is 0 Å². The van der Waals surface area contributed by atoms with Gasteiger partial charge in [-0.3, -0.25) is 0 Å². The van der Waals surface area contributed by atoms with E-state index in [1.807, 2.05) is 42.6 Å². The Labute approximate surface area is 215 Å². The van der Waals surface area contributed by atoms with E-state index in [9.17, 15) is 0 Å². The highest BCUT2D eigenvalue weighted by molar-refractivity contribution is 6.13. The van der Waals surface area contributed by atoms with Gasteiger partial charge in [0.15, 0.2) is 0 Å². The Morgan fingerprint density at radius 1 is 0.811 bits per heavy atom. The molecule has 8 nitrogen and oxygen atoms in total. The topological polar surface area (TPSA) is 87.6 Å². The fourth-order valence-corrected chi connectivity index (χ4v) is 4.48. The molecule has 2 N–H and O–H groups in total. The molecular formula is C29H27N7O. The van der Waals surface area contributed by atoms with Gasteiger partial charge in [0.05, 0.1) is 19.4 Å². The number of anilines is 4. The smallest absolute Gasteiger partial charge is 0.250 e. The van der Waals surface area contributed by atoms with Gasteiger partial charge in [0.1, 0.15) is 0 Å². The zero-order valence-corrected chi connectivity index (χ0v) is 20.6. The van der Waals surface area contributed by atoms with Crippen LogP contribution in [-0.2, 0) is 4.74 Å². The van der Waals surface area contributed by atoms with Crippen molar-refractivity contribution in [3.05, 3.63) is 90.0 Å². The Morgan fingerprint density at radius 2 is 1.46 bits per heavy atom. The zero-order valence-electron chi connectivity index (χ0n) is 20.6. The van der Waals surface area contributed by atoms with Crippen LogP contribution >= 0.6 is 0 Å². The molecule has 5 aromatic rings. The summed E-state index contributed by atoms with van der Waals surface area (Å²) < 4.78 is 5.51. The first-order valence-corrected chi connectivity index (χ1v) is 12.3. The van der Waals surface area contributed by atoms with Crippen LogP contribution in [-0.4, -0.2) is 47.5 Å². The molecule has 0 unspecified atom stereocenters. The summed E-state index contributed by atoms with van der Waals surface area (Å²) in [6, 6.07) is 27.0. The number of hydrazone groups is 1. The average molecular weight is 490 g/mol. The lowest BCUT2D eigenvalue weighted by Gasteiger charge is -2.27. The van der Waals surface area contributed by atoms with Gasteiger partial charge < -0.3 is 15.0 Å². The third-order valence-corrected chi connectivity index (χ3v) is 6.40. The Kier molecular flexibility index (Phi) is 6.31. The number of morpholine rings is 1. The van der Waals surface area contributed by atoms with Gasteiger partial charge in [-0.25, -0.2) is 5.43 Å². The lowest BCUT2D eigenvalue weighted by Crippen LogP contribution is -2.37. The number of benzene rings is 4. The van der Waals surface area contributed by atoms with Crippen LogP contribution < -0.4 is 15.6 Å². The fraction of sp³-hybridized carbons (Fsp3) is 0.172. The van der Waals surface area contributed by atoms with E-state index in [4.69, 9.17) is 4.74 Å². The standard InChI is InChI=1S/C29H27N7O/c1-20-10-12-23(13-11-20)31-27-32-28(34-29(33-27)36-14-16-37-17-15-36)35-30-19-26-24-8-4-2-6-21(24)18-22-7-3-5-9-25(22)26/h2-13,18-19H,14-17H2,1H3,(H2,31,32,33,34,35)/b30-19+. The molecule has 0 atom stereocenters. The summed E-state index contributed by atoms with van der Waals surface area (Å²) in [5.74, 6) is 1.40. The lowest BCUT2D eigenvalue weighted by molar-refractivity contribution is 0.122. The van der Waals surface area contributed by atoms with Gasteiger partial charge in [-0.15, -0.1) is 0 Å². The second-order valence-corrected chi connectivity index (χ2v) is 8.98. The van der Waals surface area contributed by atoms with Gasteiger partial charge in [0.25, 0.3) is 0 Å². The van der Waals surface area contributed by atoms with Crippen molar-refractivity contribution >= 4 is 51.3 Å². The monoisotopic (exact) mass is 489 g/mol. The number of fused-ring (bicyclic) bond motifs is 2. The van der Waals surface area contributed by atoms with Gasteiger partial charge in [-0.2, -0.15) is 20.1 Å². The third kappa shape index (κ3) is 5.05. The number of aryl methyl sites for hydroxylation is 1. The van der Waals surface area contributed by atoms with Crippen LogP contribution in [0.1, 0.15) is 11.1 Å². The summed E-state index contributed by atoms with van der Waals surface area (Å²) >= 11 is 0. The van der Waals surface area contributed by atoms with Crippen molar-refractivity contribution in [1.82, 2.24) is 15.0 Å². The van der Waals surface area contributed by atoms with E-state index in [0.29, 0.717) is 31.1 Å². The van der Waals surface area contributed by atoms with Crippen LogP contribution in [0.25, 0.3) is 21.5 Å². The molecule has 184 valence electrons. The molecule has 2 heterocycles. The molecule has 0 aliphatic carbocycles. The van der Waals surface area contributed by atoms with Crippen LogP contribution in [0.5, 0.6) is 0 Å². The van der Waals surface area contributed by atoms with E-state index in [1.165, 1.54) is 16.3 Å². The summed E-state index contributed by atoms with van der Waals surface area (Å²) in [6.07, 6.45) is 1.84. The molecule has 1 saturated heterocycles. The Hall–Kier alpha value is -4.56. The fourth-order valence-electron chi connectivity index (χ4n) is 4.48. The number of aromatic nitrogens is 3. The largest absolute Gasteiger partial charge is 0.378 e. The van der Waals surface area contributed by atoms with Crippen molar-refractivity contribution in [3.63, 3.8) is 0 Å². The molecule has 1 aliphatic rings. The molecule has 0 bridgehead atoms. The van der Waals surface area contributed by atoms with E-state index in [-0.39, 0.29) is 0 Å². The minimum Gasteiger partial charge on any atom is -0.378 e. The van der Waals surface area contributed by atoms with E-state index in [0.717, 1.165) is 35.1 Å². The maximum absolute atomic E-state index is 5.51. The number of hydrogen-bond donors (Lipinski definition) is 2. The van der Waals surface area contributed by atoms with Crippen LogP contribution in [0.4, 0.5) is 23.5 Å². The van der Waals surface area contributed by atoms with Gasteiger partial charge in [-0.05, 0) is 46.7 Å². The van der Waals surface area contributed by atoms with Crippen molar-refractivity contribution in [3.8, 4) is 0 Å². The van der Waals surface area contributed by atoms with Crippen LogP contribution in [0.15, 0.2) is 84.0 Å². The summed E-state index contributed by atoms with van der Waals surface area (Å²) in [7, 11) is 0. The second-order valence-electron chi connectivity index (χ2n) is 8.98. The molecule has 37 heavy (non-hydrogen) atoms. The van der Waals surface area contributed by atoms with Crippen molar-refractivity contribution < 1.29 is 4.74 Å². The second kappa shape index (κ2) is 10.2. The Bertz CT molecular complexity index is 1520. The molecule has 1 aromatic heterocycles. The van der Waals surface area contributed by atoms with E-state index in [2.05, 4.69) is 85.1 Å². The third-order valence-electron chi connectivity index (χ3n) is 6.40. The first-order chi connectivity index (χ1) is 18.2. The SMILES string of the molecule is Cc1ccc(Nc2nc(N/N=C/c3c4ccccc4cc4ccccc34)nc(N3CCOCC3)n2)cc1. The summed E-state index contributed by atoms with van der Waals surface area (Å²) in [4.78, 5) is 16.0. The molecule has 6 rings (SSSR count). The summed E-state index contributed by atoms with van der Waals surface area (Å²) in [5.41, 5.74) is 6.18. The molecule has 8 heteroatoms. The van der Waals surface area contributed by atoms with Crippen molar-refractivity contribution in [2.24, 2.45) is 5.10 Å². The van der Waals surface area contributed by atoms with E-state index < -0.39 is 0 Å². The predicted octanol–water partition coefficient (Wildman–Crippen LogP) is 5.51. The number of nitrogens with zero attached hydrogens (tertiary/aromatic N) is 5. The highest BCUT2D eigenvalue weighted by atomic mass is 16.5. The zero-order chi connectivity index (χ0) is 25.0. The van der Waals surface area contributed by atoms with Gasteiger partial charge in [-0.1, -0.05) is 66.2 Å². The summed E-state index contributed by atoms with van der Waals surface area (Å²) in [6.45, 7) is 4.78. The number of hydrogen-bond acceptors (Lipinski definition) is 8. The number of nitrogens with one attached hydrogen (secondary N) is 2. The number of ether oxygens (including phenoxy) is 1. The molecule has 1 fully saturated rings. The summed E-state index contributed by atoms with van der Waals surface area (Å²) in [5, 5.41) is 12.5. The molecule has 0 saturated carbocycles. The molecule has 1 aliphatic heterocycles. The highest BCUT2D eigenvalue weighted by Gasteiger charge is 2.17. The van der Waals surface area contributed by atoms with Gasteiger partial charge in [0.2, 0.25) is 17.8 Å². The maximum atomic E-state index is 5.51. The van der Waals surface area contributed by atoms with Crippen molar-refractivity contribution in [2.45, 2.75) is 6.92 Å². The predicted molar refractivity (Wildman–Crippen MR) is 150 cm³/mol. The van der Waals surface area contributed by atoms with Crippen molar-refractivity contribution in [2.75, 3.05) is 41.9 Å². The molecule has 0 amide bonds. The molecule has 0 radical (unpaired) electrons. The first-order valence-electron chi connectivity index (χ1n) is 12.3. The molecular weight excluding hydrogens is 462 g/mol. The normalized spacial score (nSPS) is 13.9. The minimum atomic E-state index is 0.367. The highest BCUT2D eigenvalue weighted by Crippen LogP contribution is 2.27.